The Balaban J connectivity index is 1.32. The Kier molecular flexibility index (Phi) is 5.36. The number of aryl methyl sites for hydroxylation is 2. The van der Waals surface area contributed by atoms with E-state index >= 15 is 0 Å². The van der Waals surface area contributed by atoms with Crippen LogP contribution in [0.25, 0.3) is 0 Å². The predicted molar refractivity (Wildman–Crippen MR) is 119 cm³/mol. The van der Waals surface area contributed by atoms with Crippen LogP contribution in [0.5, 0.6) is 0 Å². The first kappa shape index (κ1) is 19.7. The Labute approximate surface area is 180 Å². The highest BCUT2D eigenvalue weighted by molar-refractivity contribution is 5.95. The predicted octanol–water partition coefficient (Wildman–Crippen LogP) is 4.26. The molecular weight excluding hydrogens is 370 g/mol. The lowest BCUT2D eigenvalue weighted by Gasteiger charge is -2.55. The minimum atomic E-state index is 0.180. The van der Waals surface area contributed by atoms with Gasteiger partial charge in [0.25, 0.3) is 5.91 Å². The fourth-order valence-electron chi connectivity index (χ4n) is 6.27. The monoisotopic (exact) mass is 403 g/mol. The average Bonchev–Trinajstić information content (AvgIpc) is 2.74. The molecule has 4 heteroatoms. The number of benzene rings is 1. The number of carbonyl (C=O) groups is 1. The van der Waals surface area contributed by atoms with E-state index in [1.54, 1.807) is 6.20 Å². The number of carbonyl (C=O) groups excluding carboxylic acids is 1. The topological polar surface area (TPSA) is 36.4 Å². The number of rotatable bonds is 3. The van der Waals surface area contributed by atoms with Crippen molar-refractivity contribution in [3.63, 3.8) is 0 Å². The molecule has 2 bridgehead atoms. The van der Waals surface area contributed by atoms with Crippen LogP contribution in [0.3, 0.4) is 0 Å². The largest absolute Gasteiger partial charge is 0.338 e. The number of fused-ring (bicyclic) bond motifs is 4. The van der Waals surface area contributed by atoms with Crippen molar-refractivity contribution in [2.75, 3.05) is 19.6 Å². The van der Waals surface area contributed by atoms with E-state index in [1.165, 1.54) is 31.2 Å². The molecule has 0 unspecified atom stereocenters. The average molecular weight is 404 g/mol. The summed E-state index contributed by atoms with van der Waals surface area (Å²) >= 11 is 0. The first-order valence-corrected chi connectivity index (χ1v) is 11.6. The quantitative estimate of drug-likeness (QED) is 0.768. The van der Waals surface area contributed by atoms with Gasteiger partial charge >= 0.3 is 0 Å². The Bertz CT molecular complexity index is 912. The van der Waals surface area contributed by atoms with Crippen LogP contribution >= 0.6 is 0 Å². The van der Waals surface area contributed by atoms with E-state index in [0.717, 1.165) is 42.9 Å². The molecule has 1 aromatic heterocycles. The minimum Gasteiger partial charge on any atom is -0.338 e. The summed E-state index contributed by atoms with van der Waals surface area (Å²) in [7, 11) is 0. The SMILES string of the molecule is Cc1cc(C)c(C(=O)N2C[C@@H]3C[C@H](C2)[C@@H]2CCC[C@H](Cc4ccccc4)N2C3)cn1. The molecule has 3 saturated heterocycles. The van der Waals surface area contributed by atoms with Crippen molar-refractivity contribution in [2.45, 2.75) is 58.0 Å². The zero-order valence-corrected chi connectivity index (χ0v) is 18.3. The van der Waals surface area contributed by atoms with E-state index in [1.807, 2.05) is 19.9 Å². The van der Waals surface area contributed by atoms with Crippen LogP contribution in [-0.4, -0.2) is 52.4 Å². The summed E-state index contributed by atoms with van der Waals surface area (Å²) in [6.07, 6.45) is 8.13. The summed E-state index contributed by atoms with van der Waals surface area (Å²) in [5, 5.41) is 0. The Hall–Kier alpha value is -2.20. The van der Waals surface area contributed by atoms with Gasteiger partial charge in [-0.3, -0.25) is 14.7 Å². The molecule has 0 spiro atoms. The van der Waals surface area contributed by atoms with Crippen LogP contribution in [0.4, 0.5) is 0 Å². The molecule has 4 nitrogen and oxygen atoms in total. The number of likely N-dealkylation sites (tertiary alicyclic amines) is 1. The lowest BCUT2D eigenvalue weighted by molar-refractivity contribution is -0.0499. The highest BCUT2D eigenvalue weighted by Gasteiger charge is 2.45. The summed E-state index contributed by atoms with van der Waals surface area (Å²) in [5.74, 6) is 1.39. The van der Waals surface area contributed by atoms with Gasteiger partial charge in [-0.25, -0.2) is 0 Å². The van der Waals surface area contributed by atoms with Crippen LogP contribution in [0.15, 0.2) is 42.6 Å². The van der Waals surface area contributed by atoms with Crippen molar-refractivity contribution < 1.29 is 4.79 Å². The molecule has 0 N–H and O–H groups in total. The molecule has 3 aliphatic rings. The summed E-state index contributed by atoms with van der Waals surface area (Å²) in [6.45, 7) is 6.96. The van der Waals surface area contributed by atoms with Gasteiger partial charge in [-0.1, -0.05) is 36.8 Å². The molecule has 158 valence electrons. The van der Waals surface area contributed by atoms with Gasteiger partial charge in [0.1, 0.15) is 0 Å². The van der Waals surface area contributed by atoms with Gasteiger partial charge in [0.05, 0.1) is 5.56 Å². The first-order chi connectivity index (χ1) is 14.6. The zero-order valence-electron chi connectivity index (χ0n) is 18.3. The fraction of sp³-hybridized carbons (Fsp3) is 0.538. The molecule has 0 saturated carbocycles. The van der Waals surface area contributed by atoms with Crippen molar-refractivity contribution in [3.05, 3.63) is 65.0 Å². The molecule has 30 heavy (non-hydrogen) atoms. The standard InChI is InChI=1S/C26H33N3O/c1-18-11-19(2)27-14-24(18)26(30)28-15-21-12-22(17-28)25-10-6-9-23(29(25)16-21)13-20-7-4-3-5-8-20/h3-5,7-8,11,14,21-23,25H,6,9-10,12-13,15-17H2,1-2H3/t21-,22+,23+,25-/m0/s1. The van der Waals surface area contributed by atoms with Gasteiger partial charge in [-0.15, -0.1) is 0 Å². The van der Waals surface area contributed by atoms with Gasteiger partial charge in [0.2, 0.25) is 0 Å². The maximum absolute atomic E-state index is 13.3. The summed E-state index contributed by atoms with van der Waals surface area (Å²) in [6, 6.07) is 14.3. The van der Waals surface area contributed by atoms with Crippen LogP contribution in [0, 0.1) is 25.7 Å². The van der Waals surface area contributed by atoms with E-state index in [4.69, 9.17) is 0 Å². The van der Waals surface area contributed by atoms with Gasteiger partial charge in [-0.2, -0.15) is 0 Å². The number of aromatic nitrogens is 1. The normalized spacial score (nSPS) is 28.8. The second kappa shape index (κ2) is 8.14. The third kappa shape index (κ3) is 3.78. The number of amides is 1. The summed E-state index contributed by atoms with van der Waals surface area (Å²) < 4.78 is 0. The highest BCUT2D eigenvalue weighted by atomic mass is 16.2. The second-order valence-corrected chi connectivity index (χ2v) is 9.75. The molecule has 5 rings (SSSR count). The molecular formula is C26H33N3O. The Morgan fingerprint density at radius 2 is 1.93 bits per heavy atom. The van der Waals surface area contributed by atoms with Crippen LogP contribution in [0.1, 0.15) is 52.9 Å². The number of hydrogen-bond donors (Lipinski definition) is 0. The fourth-order valence-corrected chi connectivity index (χ4v) is 6.27. The van der Waals surface area contributed by atoms with Crippen molar-refractivity contribution in [2.24, 2.45) is 11.8 Å². The molecule has 2 aromatic rings. The smallest absolute Gasteiger partial charge is 0.255 e. The molecule has 1 aromatic carbocycles. The molecule has 4 atom stereocenters. The van der Waals surface area contributed by atoms with Gasteiger partial charge in [-0.05, 0) is 68.6 Å². The molecule has 0 radical (unpaired) electrons. The maximum atomic E-state index is 13.3. The van der Waals surface area contributed by atoms with E-state index in [2.05, 4.69) is 45.1 Å². The highest BCUT2D eigenvalue weighted by Crippen LogP contribution is 2.40. The van der Waals surface area contributed by atoms with Crippen LogP contribution in [-0.2, 0) is 6.42 Å². The Morgan fingerprint density at radius 1 is 1.10 bits per heavy atom. The molecule has 3 fully saturated rings. The van der Waals surface area contributed by atoms with Crippen molar-refractivity contribution in [3.8, 4) is 0 Å². The van der Waals surface area contributed by atoms with E-state index in [0.29, 0.717) is 23.9 Å². The van der Waals surface area contributed by atoms with Crippen molar-refractivity contribution in [1.82, 2.24) is 14.8 Å². The molecule has 3 aliphatic heterocycles. The lowest BCUT2D eigenvalue weighted by atomic mass is 9.74. The van der Waals surface area contributed by atoms with Crippen molar-refractivity contribution >= 4 is 5.91 Å². The van der Waals surface area contributed by atoms with Gasteiger partial charge < -0.3 is 4.90 Å². The van der Waals surface area contributed by atoms with E-state index < -0.39 is 0 Å². The number of pyridine rings is 1. The van der Waals surface area contributed by atoms with E-state index in [-0.39, 0.29) is 5.91 Å². The number of nitrogens with zero attached hydrogens (tertiary/aromatic N) is 3. The van der Waals surface area contributed by atoms with Crippen molar-refractivity contribution in [1.29, 1.82) is 0 Å². The second-order valence-electron chi connectivity index (χ2n) is 9.75. The third-order valence-electron chi connectivity index (χ3n) is 7.59. The number of piperidine rings is 3. The zero-order chi connectivity index (χ0) is 20.7. The summed E-state index contributed by atoms with van der Waals surface area (Å²) in [4.78, 5) is 22.7. The lowest BCUT2D eigenvalue weighted by Crippen LogP contribution is -2.62. The molecule has 0 aliphatic carbocycles. The molecule has 1 amide bonds. The van der Waals surface area contributed by atoms with E-state index in [9.17, 15) is 4.79 Å². The van der Waals surface area contributed by atoms with Crippen LogP contribution in [0.2, 0.25) is 0 Å². The third-order valence-corrected chi connectivity index (χ3v) is 7.59. The summed E-state index contributed by atoms with van der Waals surface area (Å²) in [5.41, 5.74) is 4.26. The number of hydrogen-bond acceptors (Lipinski definition) is 3. The molecule has 4 heterocycles. The minimum absolute atomic E-state index is 0.180. The maximum Gasteiger partial charge on any atom is 0.255 e. The van der Waals surface area contributed by atoms with Gasteiger partial charge in [0, 0.05) is 43.6 Å². The first-order valence-electron chi connectivity index (χ1n) is 11.6. The van der Waals surface area contributed by atoms with Crippen LogP contribution < -0.4 is 0 Å². The Morgan fingerprint density at radius 3 is 2.73 bits per heavy atom. The van der Waals surface area contributed by atoms with Gasteiger partial charge in [0.15, 0.2) is 0 Å².